The molecule has 1 aromatic heterocycles. The van der Waals surface area contributed by atoms with E-state index in [-0.39, 0.29) is 11.6 Å². The molecule has 0 spiro atoms. The standard InChI is InChI=1S/C14H15N3O/c1-8-4-3-5-10(6-8)13-16-11-7-15-9(2)12(11)14(18)17-13/h3-6,9,15H,7H2,1-2H3,(H,16,17,18). The molecule has 4 heteroatoms. The maximum Gasteiger partial charge on any atom is 0.256 e. The van der Waals surface area contributed by atoms with Crippen molar-refractivity contribution in [2.24, 2.45) is 0 Å². The van der Waals surface area contributed by atoms with Crippen LogP contribution in [0.2, 0.25) is 0 Å². The summed E-state index contributed by atoms with van der Waals surface area (Å²) in [4.78, 5) is 19.5. The van der Waals surface area contributed by atoms with Crippen LogP contribution in [0.25, 0.3) is 11.4 Å². The first-order valence-corrected chi connectivity index (χ1v) is 6.08. The Morgan fingerprint density at radius 2 is 2.22 bits per heavy atom. The van der Waals surface area contributed by atoms with Crippen molar-refractivity contribution in [3.8, 4) is 11.4 Å². The third-order valence-corrected chi connectivity index (χ3v) is 3.33. The van der Waals surface area contributed by atoms with Gasteiger partial charge in [-0.05, 0) is 19.9 Å². The number of nitrogens with zero attached hydrogens (tertiary/aromatic N) is 1. The van der Waals surface area contributed by atoms with Crippen LogP contribution in [0.5, 0.6) is 0 Å². The molecule has 0 saturated heterocycles. The monoisotopic (exact) mass is 241 g/mol. The fraction of sp³-hybridized carbons (Fsp3) is 0.286. The average Bonchev–Trinajstić information content (AvgIpc) is 2.71. The second kappa shape index (κ2) is 4.07. The van der Waals surface area contributed by atoms with Crippen LogP contribution < -0.4 is 10.9 Å². The van der Waals surface area contributed by atoms with Gasteiger partial charge in [0, 0.05) is 18.2 Å². The highest BCUT2D eigenvalue weighted by Gasteiger charge is 2.23. The van der Waals surface area contributed by atoms with Crippen molar-refractivity contribution < 1.29 is 0 Å². The minimum atomic E-state index is -0.0333. The van der Waals surface area contributed by atoms with Gasteiger partial charge in [0.15, 0.2) is 0 Å². The van der Waals surface area contributed by atoms with Gasteiger partial charge in [0.1, 0.15) is 5.82 Å². The van der Waals surface area contributed by atoms with Gasteiger partial charge in [0.25, 0.3) is 5.56 Å². The van der Waals surface area contributed by atoms with E-state index in [1.54, 1.807) is 0 Å². The lowest BCUT2D eigenvalue weighted by Crippen LogP contribution is -2.18. The van der Waals surface area contributed by atoms with Crippen LogP contribution in [0.1, 0.15) is 29.8 Å². The predicted molar refractivity (Wildman–Crippen MR) is 70.3 cm³/mol. The van der Waals surface area contributed by atoms with Crippen molar-refractivity contribution in [3.63, 3.8) is 0 Å². The van der Waals surface area contributed by atoms with E-state index in [1.165, 1.54) is 0 Å². The average molecular weight is 241 g/mol. The summed E-state index contributed by atoms with van der Waals surface area (Å²) in [6.07, 6.45) is 0. The Labute approximate surface area is 105 Å². The number of fused-ring (bicyclic) bond motifs is 1. The first-order chi connectivity index (χ1) is 8.65. The van der Waals surface area contributed by atoms with Crippen molar-refractivity contribution in [3.05, 3.63) is 51.4 Å². The number of aryl methyl sites for hydroxylation is 1. The molecule has 0 saturated carbocycles. The first kappa shape index (κ1) is 11.2. The lowest BCUT2D eigenvalue weighted by Gasteiger charge is -2.06. The van der Waals surface area contributed by atoms with E-state index in [2.05, 4.69) is 15.3 Å². The Morgan fingerprint density at radius 3 is 3.00 bits per heavy atom. The number of hydrogen-bond acceptors (Lipinski definition) is 3. The molecular formula is C14H15N3O. The summed E-state index contributed by atoms with van der Waals surface area (Å²) in [7, 11) is 0. The fourth-order valence-corrected chi connectivity index (χ4v) is 2.39. The van der Waals surface area contributed by atoms with Crippen molar-refractivity contribution in [2.75, 3.05) is 0 Å². The number of rotatable bonds is 1. The molecular weight excluding hydrogens is 226 g/mol. The van der Waals surface area contributed by atoms with Gasteiger partial charge in [-0.15, -0.1) is 0 Å². The van der Waals surface area contributed by atoms with Crippen LogP contribution in [0.3, 0.4) is 0 Å². The van der Waals surface area contributed by atoms with E-state index in [0.717, 1.165) is 22.4 Å². The van der Waals surface area contributed by atoms with Gasteiger partial charge in [0.05, 0.1) is 11.3 Å². The fourth-order valence-electron chi connectivity index (χ4n) is 2.39. The van der Waals surface area contributed by atoms with Crippen molar-refractivity contribution in [2.45, 2.75) is 26.4 Å². The molecule has 18 heavy (non-hydrogen) atoms. The Morgan fingerprint density at radius 1 is 1.39 bits per heavy atom. The van der Waals surface area contributed by atoms with Crippen LogP contribution >= 0.6 is 0 Å². The van der Waals surface area contributed by atoms with E-state index < -0.39 is 0 Å². The van der Waals surface area contributed by atoms with E-state index in [1.807, 2.05) is 38.1 Å². The molecule has 92 valence electrons. The summed E-state index contributed by atoms with van der Waals surface area (Å²) in [5.74, 6) is 0.651. The lowest BCUT2D eigenvalue weighted by molar-refractivity contribution is 0.629. The van der Waals surface area contributed by atoms with E-state index in [4.69, 9.17) is 0 Å². The Kier molecular flexibility index (Phi) is 2.52. The van der Waals surface area contributed by atoms with Crippen LogP contribution in [0.4, 0.5) is 0 Å². The van der Waals surface area contributed by atoms with E-state index in [0.29, 0.717) is 12.4 Å². The topological polar surface area (TPSA) is 57.8 Å². The van der Waals surface area contributed by atoms with Crippen molar-refractivity contribution in [1.82, 2.24) is 15.3 Å². The second-order valence-electron chi connectivity index (χ2n) is 4.75. The summed E-state index contributed by atoms with van der Waals surface area (Å²) in [6.45, 7) is 4.67. The van der Waals surface area contributed by atoms with Gasteiger partial charge in [-0.2, -0.15) is 0 Å². The number of nitrogens with one attached hydrogen (secondary N) is 2. The number of H-pyrrole nitrogens is 1. The molecule has 1 unspecified atom stereocenters. The zero-order chi connectivity index (χ0) is 12.7. The van der Waals surface area contributed by atoms with Gasteiger partial charge in [-0.25, -0.2) is 4.98 Å². The van der Waals surface area contributed by atoms with Crippen LogP contribution in [-0.4, -0.2) is 9.97 Å². The molecule has 1 atom stereocenters. The summed E-state index contributed by atoms with van der Waals surface area (Å²) >= 11 is 0. The highest BCUT2D eigenvalue weighted by Crippen LogP contribution is 2.22. The molecule has 0 amide bonds. The smallest absolute Gasteiger partial charge is 0.256 e. The minimum Gasteiger partial charge on any atom is -0.306 e. The SMILES string of the molecule is Cc1cccc(-c2nc3c(c(=O)[nH]2)C(C)NC3)c1. The molecule has 1 aromatic carbocycles. The third kappa shape index (κ3) is 1.75. The summed E-state index contributed by atoms with van der Waals surface area (Å²) in [5.41, 5.74) is 3.71. The van der Waals surface area contributed by atoms with Crippen molar-refractivity contribution >= 4 is 0 Å². The molecule has 3 rings (SSSR count). The summed E-state index contributed by atoms with van der Waals surface area (Å²) < 4.78 is 0. The molecule has 1 aliphatic rings. The van der Waals surface area contributed by atoms with Gasteiger partial charge in [-0.1, -0.05) is 23.8 Å². The molecule has 2 N–H and O–H groups in total. The molecule has 0 bridgehead atoms. The number of aromatic amines is 1. The number of benzene rings is 1. The number of hydrogen-bond donors (Lipinski definition) is 2. The van der Waals surface area contributed by atoms with Crippen molar-refractivity contribution in [1.29, 1.82) is 0 Å². The zero-order valence-electron chi connectivity index (χ0n) is 10.4. The predicted octanol–water partition coefficient (Wildman–Crippen LogP) is 1.91. The normalized spacial score (nSPS) is 17.8. The van der Waals surface area contributed by atoms with Gasteiger partial charge >= 0.3 is 0 Å². The van der Waals surface area contributed by atoms with Crippen LogP contribution in [-0.2, 0) is 6.54 Å². The maximum atomic E-state index is 12.1. The molecule has 2 aromatic rings. The number of aromatic nitrogens is 2. The Hall–Kier alpha value is -1.94. The molecule has 2 heterocycles. The summed E-state index contributed by atoms with van der Waals surface area (Å²) in [6, 6.07) is 8.07. The quantitative estimate of drug-likeness (QED) is 0.801. The maximum absolute atomic E-state index is 12.1. The summed E-state index contributed by atoms with van der Waals surface area (Å²) in [5, 5.41) is 3.23. The highest BCUT2D eigenvalue weighted by molar-refractivity contribution is 5.56. The van der Waals surface area contributed by atoms with E-state index in [9.17, 15) is 4.79 Å². The lowest BCUT2D eigenvalue weighted by atomic mass is 10.1. The van der Waals surface area contributed by atoms with Gasteiger partial charge in [-0.3, -0.25) is 4.79 Å². The van der Waals surface area contributed by atoms with Gasteiger partial charge < -0.3 is 10.3 Å². The zero-order valence-corrected chi connectivity index (χ0v) is 10.4. The molecule has 0 fully saturated rings. The molecule has 4 nitrogen and oxygen atoms in total. The van der Waals surface area contributed by atoms with Gasteiger partial charge in [0.2, 0.25) is 0 Å². The largest absolute Gasteiger partial charge is 0.306 e. The first-order valence-electron chi connectivity index (χ1n) is 6.08. The molecule has 0 aliphatic carbocycles. The Balaban J connectivity index is 2.16. The molecule has 0 radical (unpaired) electrons. The molecule has 1 aliphatic heterocycles. The van der Waals surface area contributed by atoms with Crippen LogP contribution in [0, 0.1) is 6.92 Å². The minimum absolute atomic E-state index is 0.0333. The van der Waals surface area contributed by atoms with Crippen LogP contribution in [0.15, 0.2) is 29.1 Å². The second-order valence-corrected chi connectivity index (χ2v) is 4.75. The highest BCUT2D eigenvalue weighted by atomic mass is 16.1. The Bertz CT molecular complexity index is 660. The third-order valence-electron chi connectivity index (χ3n) is 3.33. The van der Waals surface area contributed by atoms with E-state index >= 15 is 0 Å².